The Morgan fingerprint density at radius 2 is 1.60 bits per heavy atom. The first-order valence-electron chi connectivity index (χ1n) is 10.9. The van der Waals surface area contributed by atoms with E-state index in [9.17, 15) is 9.59 Å². The molecule has 3 aromatic carbocycles. The number of esters is 1. The number of benzene rings is 3. The van der Waals surface area contributed by atoms with Crippen LogP contribution in [0.15, 0.2) is 90.1 Å². The minimum absolute atomic E-state index is 0.313. The Morgan fingerprint density at radius 1 is 0.943 bits per heavy atom. The minimum Gasteiger partial charge on any atom is -0.497 e. The van der Waals surface area contributed by atoms with Crippen molar-refractivity contribution in [2.75, 3.05) is 24.4 Å². The molecule has 1 atom stereocenters. The van der Waals surface area contributed by atoms with E-state index < -0.39 is 12.0 Å². The van der Waals surface area contributed by atoms with Crippen molar-refractivity contribution in [1.29, 1.82) is 0 Å². The summed E-state index contributed by atoms with van der Waals surface area (Å²) in [6, 6.07) is 22.9. The minimum atomic E-state index is -0.670. The Bertz CT molecular complexity index is 1290. The number of para-hydroxylation sites is 1. The zero-order chi connectivity index (χ0) is 24.9. The third-order valence-corrected chi connectivity index (χ3v) is 6.07. The van der Waals surface area contributed by atoms with Gasteiger partial charge in [0.2, 0.25) is 0 Å². The number of carbonyl (C=O) groups excluding carboxylic acids is 2. The van der Waals surface area contributed by atoms with Crippen LogP contribution in [0.5, 0.6) is 5.75 Å². The van der Waals surface area contributed by atoms with Gasteiger partial charge in [0, 0.05) is 17.1 Å². The number of hydrogen-bond acceptors (Lipinski definition) is 5. The van der Waals surface area contributed by atoms with E-state index in [0.717, 1.165) is 5.69 Å². The molecule has 0 saturated heterocycles. The highest BCUT2D eigenvalue weighted by Gasteiger charge is 2.36. The van der Waals surface area contributed by atoms with Crippen molar-refractivity contribution in [3.05, 3.63) is 101 Å². The van der Waals surface area contributed by atoms with Gasteiger partial charge in [-0.05, 0) is 67.2 Å². The molecular weight excluding hydrogens is 462 g/mol. The van der Waals surface area contributed by atoms with E-state index in [4.69, 9.17) is 21.7 Å². The molecule has 0 radical (unpaired) electrons. The van der Waals surface area contributed by atoms with Crippen molar-refractivity contribution >= 4 is 40.6 Å². The molecule has 7 nitrogen and oxygen atoms in total. The zero-order valence-electron chi connectivity index (χ0n) is 19.6. The number of nitrogens with zero attached hydrogens (tertiary/aromatic N) is 1. The van der Waals surface area contributed by atoms with Gasteiger partial charge in [-0.15, -0.1) is 0 Å². The lowest BCUT2D eigenvalue weighted by atomic mass is 9.90. The molecule has 1 heterocycles. The van der Waals surface area contributed by atoms with Crippen LogP contribution < -0.4 is 20.3 Å². The van der Waals surface area contributed by atoms with Crippen LogP contribution in [0.2, 0.25) is 0 Å². The summed E-state index contributed by atoms with van der Waals surface area (Å²) in [5.74, 6) is -0.101. The Morgan fingerprint density at radius 3 is 2.26 bits per heavy atom. The molecule has 1 unspecified atom stereocenters. The molecule has 178 valence electrons. The van der Waals surface area contributed by atoms with Crippen LogP contribution >= 0.6 is 12.2 Å². The van der Waals surface area contributed by atoms with E-state index >= 15 is 0 Å². The van der Waals surface area contributed by atoms with Gasteiger partial charge in [0.25, 0.3) is 5.91 Å². The topological polar surface area (TPSA) is 79.9 Å². The third-order valence-electron chi connectivity index (χ3n) is 5.77. The molecule has 0 spiro atoms. The average molecular weight is 488 g/mol. The van der Waals surface area contributed by atoms with Gasteiger partial charge in [-0.2, -0.15) is 0 Å². The summed E-state index contributed by atoms with van der Waals surface area (Å²) in [6.07, 6.45) is 0. The van der Waals surface area contributed by atoms with E-state index in [0.29, 0.717) is 38.9 Å². The molecular formula is C27H25N3O4S. The Hall–Kier alpha value is -4.17. The molecule has 3 aromatic rings. The lowest BCUT2D eigenvalue weighted by molar-refractivity contribution is -0.113. The predicted molar refractivity (Wildman–Crippen MR) is 140 cm³/mol. The maximum Gasteiger partial charge on any atom is 0.338 e. The molecule has 2 N–H and O–H groups in total. The Labute approximate surface area is 209 Å². The fourth-order valence-electron chi connectivity index (χ4n) is 4.08. The normalized spacial score (nSPS) is 15.3. The lowest BCUT2D eigenvalue weighted by Gasteiger charge is -2.38. The van der Waals surface area contributed by atoms with Crippen LogP contribution in [-0.4, -0.2) is 31.2 Å². The smallest absolute Gasteiger partial charge is 0.338 e. The van der Waals surface area contributed by atoms with Gasteiger partial charge in [0.05, 0.1) is 31.4 Å². The summed E-state index contributed by atoms with van der Waals surface area (Å²) in [6.45, 7) is 1.84. The largest absolute Gasteiger partial charge is 0.497 e. The lowest BCUT2D eigenvalue weighted by Crippen LogP contribution is -2.48. The van der Waals surface area contributed by atoms with Gasteiger partial charge in [0.1, 0.15) is 5.75 Å². The van der Waals surface area contributed by atoms with Crippen molar-refractivity contribution in [1.82, 2.24) is 5.32 Å². The highest BCUT2D eigenvalue weighted by atomic mass is 32.1. The molecule has 4 rings (SSSR count). The van der Waals surface area contributed by atoms with Gasteiger partial charge < -0.3 is 20.1 Å². The predicted octanol–water partition coefficient (Wildman–Crippen LogP) is 4.83. The van der Waals surface area contributed by atoms with Gasteiger partial charge in [-0.1, -0.05) is 36.4 Å². The molecule has 0 bridgehead atoms. The second-order valence-corrected chi connectivity index (χ2v) is 8.20. The van der Waals surface area contributed by atoms with Crippen molar-refractivity contribution in [3.63, 3.8) is 0 Å². The third kappa shape index (κ3) is 4.88. The number of rotatable bonds is 6. The van der Waals surface area contributed by atoms with Crippen molar-refractivity contribution in [2.45, 2.75) is 13.0 Å². The van der Waals surface area contributed by atoms with Gasteiger partial charge in [-0.25, -0.2) is 4.79 Å². The first-order chi connectivity index (χ1) is 16.9. The molecule has 1 aliphatic heterocycles. The molecule has 1 amide bonds. The maximum absolute atomic E-state index is 13.7. The number of ether oxygens (including phenoxy) is 2. The monoisotopic (exact) mass is 487 g/mol. The van der Waals surface area contributed by atoms with Gasteiger partial charge in [0.15, 0.2) is 5.11 Å². The van der Waals surface area contributed by atoms with Gasteiger partial charge in [-0.3, -0.25) is 9.69 Å². The van der Waals surface area contributed by atoms with E-state index in [1.165, 1.54) is 7.11 Å². The molecule has 0 saturated carbocycles. The summed E-state index contributed by atoms with van der Waals surface area (Å²) < 4.78 is 10.3. The summed E-state index contributed by atoms with van der Waals surface area (Å²) in [7, 11) is 2.93. The van der Waals surface area contributed by atoms with Crippen LogP contribution in [0.4, 0.5) is 11.4 Å². The molecule has 8 heteroatoms. The number of methoxy groups -OCH3 is 2. The molecule has 0 aliphatic carbocycles. The molecule has 0 aromatic heterocycles. The van der Waals surface area contributed by atoms with E-state index in [1.807, 2.05) is 67.6 Å². The number of hydrogen-bond donors (Lipinski definition) is 2. The number of anilines is 2. The highest BCUT2D eigenvalue weighted by molar-refractivity contribution is 7.80. The number of thiocarbonyl (C=S) groups is 1. The van der Waals surface area contributed by atoms with Crippen molar-refractivity contribution in [2.24, 2.45) is 0 Å². The van der Waals surface area contributed by atoms with Crippen molar-refractivity contribution in [3.8, 4) is 5.75 Å². The SMILES string of the molecule is COC(=O)c1ccccc1C1NC(=S)N(c2ccc(OC)cc2)C(C)=C1C(=O)Nc1ccccc1. The molecule has 1 aliphatic rings. The Balaban J connectivity index is 1.85. The van der Waals surface area contributed by atoms with Crippen LogP contribution in [0.3, 0.4) is 0 Å². The fraction of sp³-hybridized carbons (Fsp3) is 0.148. The summed E-state index contributed by atoms with van der Waals surface area (Å²) in [5, 5.41) is 6.64. The van der Waals surface area contributed by atoms with Crippen LogP contribution in [-0.2, 0) is 9.53 Å². The first kappa shape index (κ1) is 24.0. The van der Waals surface area contributed by atoms with Crippen LogP contribution in [0.1, 0.15) is 28.9 Å². The first-order valence-corrected chi connectivity index (χ1v) is 11.3. The summed E-state index contributed by atoms with van der Waals surface area (Å²) in [4.78, 5) is 28.0. The summed E-state index contributed by atoms with van der Waals surface area (Å²) >= 11 is 5.73. The fourth-order valence-corrected chi connectivity index (χ4v) is 4.44. The van der Waals surface area contributed by atoms with E-state index in [-0.39, 0.29) is 5.91 Å². The quantitative estimate of drug-likeness (QED) is 0.381. The molecule has 0 fully saturated rings. The number of nitrogens with one attached hydrogen (secondary N) is 2. The average Bonchev–Trinajstić information content (AvgIpc) is 2.88. The number of allylic oxidation sites excluding steroid dienone is 1. The Kier molecular flexibility index (Phi) is 7.12. The number of carbonyl (C=O) groups is 2. The second kappa shape index (κ2) is 10.4. The van der Waals surface area contributed by atoms with Crippen molar-refractivity contribution < 1.29 is 19.1 Å². The van der Waals surface area contributed by atoms with E-state index in [1.54, 1.807) is 30.2 Å². The van der Waals surface area contributed by atoms with Gasteiger partial charge >= 0.3 is 5.97 Å². The second-order valence-electron chi connectivity index (χ2n) is 7.81. The van der Waals surface area contributed by atoms with E-state index in [2.05, 4.69) is 10.6 Å². The highest BCUT2D eigenvalue weighted by Crippen LogP contribution is 2.36. The summed E-state index contributed by atoms with van der Waals surface area (Å²) in [5.41, 5.74) is 3.43. The standard InChI is InChI=1S/C27H25N3O4S/c1-17-23(25(31)28-18-9-5-4-6-10-18)24(21-11-7-8-12-22(21)26(32)34-3)29-27(35)30(17)19-13-15-20(33-2)16-14-19/h4-16,24H,1-3H3,(H,28,31)(H,29,35). The zero-order valence-corrected chi connectivity index (χ0v) is 20.4. The maximum atomic E-state index is 13.7. The number of amides is 1. The molecule has 35 heavy (non-hydrogen) atoms. The van der Waals surface area contributed by atoms with Crippen LogP contribution in [0.25, 0.3) is 0 Å². The van der Waals surface area contributed by atoms with Crippen LogP contribution in [0, 0.1) is 0 Å².